The Hall–Kier alpha value is -1.62. The molecule has 2 heterocycles. The summed E-state index contributed by atoms with van der Waals surface area (Å²) in [6.45, 7) is 3.70. The van der Waals surface area contributed by atoms with Crippen LogP contribution in [0.4, 0.5) is 0 Å². The van der Waals surface area contributed by atoms with Crippen LogP contribution in [0.15, 0.2) is 29.2 Å². The maximum Gasteiger partial charge on any atom is 0.350 e. The van der Waals surface area contributed by atoms with E-state index in [1.807, 2.05) is 18.2 Å². The highest BCUT2D eigenvalue weighted by Gasteiger charge is 2.31. The molecule has 1 unspecified atom stereocenters. The second-order valence-corrected chi connectivity index (χ2v) is 4.90. The molecule has 1 fully saturated rings. The quantitative estimate of drug-likeness (QED) is 0.852. The largest absolute Gasteiger partial charge is 0.350 e. The van der Waals surface area contributed by atoms with Gasteiger partial charge in [-0.2, -0.15) is 0 Å². The van der Waals surface area contributed by atoms with Gasteiger partial charge in [0.25, 0.3) is 0 Å². The Labute approximate surface area is 105 Å². The number of pyridine rings is 1. The minimum absolute atomic E-state index is 0.0471. The molecular weight excluding hydrogens is 228 g/mol. The highest BCUT2D eigenvalue weighted by molar-refractivity contribution is 5.35. The summed E-state index contributed by atoms with van der Waals surface area (Å²) in [5, 5.41) is 7.83. The monoisotopic (exact) mass is 246 g/mol. The maximum atomic E-state index is 12.1. The molecule has 5 nitrogen and oxygen atoms in total. The summed E-state index contributed by atoms with van der Waals surface area (Å²) in [4.78, 5) is 12.1. The summed E-state index contributed by atoms with van der Waals surface area (Å²) in [5.74, 6) is 0.710. The smallest absolute Gasteiger partial charge is 0.312 e. The summed E-state index contributed by atoms with van der Waals surface area (Å²) in [6.07, 6.45) is 4.29. The fraction of sp³-hybridized carbons (Fsp3) is 0.538. The average molecular weight is 246 g/mol. The van der Waals surface area contributed by atoms with Crippen molar-refractivity contribution in [3.05, 3.63) is 34.9 Å². The summed E-state index contributed by atoms with van der Waals surface area (Å²) in [5.41, 5.74) is 0.669. The zero-order valence-electron chi connectivity index (χ0n) is 10.5. The molecule has 0 aliphatic heterocycles. The van der Waals surface area contributed by atoms with Crippen molar-refractivity contribution < 1.29 is 0 Å². The summed E-state index contributed by atoms with van der Waals surface area (Å²) < 4.78 is 3.18. The third-order valence-corrected chi connectivity index (χ3v) is 3.52. The third-order valence-electron chi connectivity index (χ3n) is 3.52. The first kappa shape index (κ1) is 11.5. The van der Waals surface area contributed by atoms with E-state index in [-0.39, 0.29) is 5.69 Å². The molecule has 1 N–H and O–H groups in total. The first-order valence-electron chi connectivity index (χ1n) is 6.57. The van der Waals surface area contributed by atoms with E-state index >= 15 is 0 Å². The Balaban J connectivity index is 1.89. The van der Waals surface area contributed by atoms with Crippen molar-refractivity contribution in [2.75, 3.05) is 6.54 Å². The Morgan fingerprint density at radius 3 is 3.00 bits per heavy atom. The molecule has 1 atom stereocenters. The van der Waals surface area contributed by atoms with E-state index in [0.29, 0.717) is 24.2 Å². The van der Waals surface area contributed by atoms with Gasteiger partial charge in [0.2, 0.25) is 0 Å². The van der Waals surface area contributed by atoms with Crippen LogP contribution in [0.25, 0.3) is 5.65 Å². The van der Waals surface area contributed by atoms with Gasteiger partial charge >= 0.3 is 5.69 Å². The van der Waals surface area contributed by atoms with Crippen LogP contribution in [0.3, 0.4) is 0 Å². The molecule has 96 valence electrons. The maximum absolute atomic E-state index is 12.1. The van der Waals surface area contributed by atoms with Crippen molar-refractivity contribution in [2.45, 2.75) is 32.4 Å². The molecule has 1 aliphatic carbocycles. The predicted octanol–water partition coefficient (Wildman–Crippen LogP) is 0.884. The van der Waals surface area contributed by atoms with E-state index in [0.717, 1.165) is 6.54 Å². The molecule has 3 rings (SSSR count). The van der Waals surface area contributed by atoms with Crippen LogP contribution in [0.2, 0.25) is 0 Å². The van der Waals surface area contributed by atoms with Crippen LogP contribution in [-0.4, -0.2) is 26.8 Å². The van der Waals surface area contributed by atoms with Crippen molar-refractivity contribution in [3.8, 4) is 0 Å². The lowest BCUT2D eigenvalue weighted by atomic mass is 10.2. The second kappa shape index (κ2) is 4.57. The van der Waals surface area contributed by atoms with E-state index in [4.69, 9.17) is 0 Å². The van der Waals surface area contributed by atoms with E-state index in [1.165, 1.54) is 12.8 Å². The molecule has 0 amide bonds. The van der Waals surface area contributed by atoms with Crippen molar-refractivity contribution in [2.24, 2.45) is 5.92 Å². The topological polar surface area (TPSA) is 51.3 Å². The number of rotatable bonds is 5. The number of nitrogens with zero attached hydrogens (tertiary/aromatic N) is 3. The lowest BCUT2D eigenvalue weighted by molar-refractivity contribution is 0.391. The molecule has 2 aromatic heterocycles. The number of aromatic nitrogens is 3. The molecule has 18 heavy (non-hydrogen) atoms. The Morgan fingerprint density at radius 1 is 1.50 bits per heavy atom. The molecule has 0 spiro atoms. The Morgan fingerprint density at radius 2 is 2.33 bits per heavy atom. The molecule has 0 radical (unpaired) electrons. The lowest BCUT2D eigenvalue weighted by Crippen LogP contribution is -2.38. The molecule has 1 aliphatic rings. The number of fused-ring (bicyclic) bond motifs is 1. The Kier molecular flexibility index (Phi) is 2.91. The SMILES string of the molecule is CCNC(Cn1nc2ccccn2c1=O)C1CC1. The zero-order chi connectivity index (χ0) is 12.5. The third kappa shape index (κ3) is 2.06. The van der Waals surface area contributed by atoms with Crippen LogP contribution in [0.5, 0.6) is 0 Å². The normalized spacial score (nSPS) is 17.2. The van der Waals surface area contributed by atoms with Crippen LogP contribution >= 0.6 is 0 Å². The molecule has 5 heteroatoms. The molecule has 0 saturated heterocycles. The Bertz CT molecular complexity index is 596. The summed E-state index contributed by atoms with van der Waals surface area (Å²) >= 11 is 0. The van der Waals surface area contributed by atoms with Gasteiger partial charge in [-0.1, -0.05) is 13.0 Å². The fourth-order valence-electron chi connectivity index (χ4n) is 2.41. The van der Waals surface area contributed by atoms with Crippen LogP contribution in [0, 0.1) is 5.92 Å². The highest BCUT2D eigenvalue weighted by Crippen LogP contribution is 2.33. The molecular formula is C13H18N4O. The van der Waals surface area contributed by atoms with Gasteiger partial charge in [0.05, 0.1) is 6.54 Å². The van der Waals surface area contributed by atoms with Crippen molar-refractivity contribution >= 4 is 5.65 Å². The van der Waals surface area contributed by atoms with Gasteiger partial charge < -0.3 is 5.32 Å². The van der Waals surface area contributed by atoms with Crippen molar-refractivity contribution in [1.29, 1.82) is 0 Å². The average Bonchev–Trinajstić information content (AvgIpc) is 3.17. The molecule has 1 saturated carbocycles. The van der Waals surface area contributed by atoms with Crippen LogP contribution < -0.4 is 11.0 Å². The summed E-state index contributed by atoms with van der Waals surface area (Å²) in [6, 6.07) is 5.98. The molecule has 0 bridgehead atoms. The van der Waals surface area contributed by atoms with Gasteiger partial charge in [0, 0.05) is 12.2 Å². The standard InChI is InChI=1S/C13H18N4O/c1-2-14-11(10-6-7-10)9-17-13(18)16-8-4-3-5-12(16)15-17/h3-5,8,10-11,14H,2,6-7,9H2,1H3. The van der Waals surface area contributed by atoms with Gasteiger partial charge in [0.1, 0.15) is 0 Å². The van der Waals surface area contributed by atoms with E-state index in [1.54, 1.807) is 15.3 Å². The predicted molar refractivity (Wildman–Crippen MR) is 69.6 cm³/mol. The van der Waals surface area contributed by atoms with Gasteiger partial charge in [-0.05, 0) is 37.4 Å². The first-order chi connectivity index (χ1) is 8.79. The second-order valence-electron chi connectivity index (χ2n) is 4.90. The minimum Gasteiger partial charge on any atom is -0.312 e. The van der Waals surface area contributed by atoms with E-state index < -0.39 is 0 Å². The first-order valence-corrected chi connectivity index (χ1v) is 6.57. The number of nitrogens with one attached hydrogen (secondary N) is 1. The van der Waals surface area contributed by atoms with Gasteiger partial charge in [-0.25, -0.2) is 9.48 Å². The lowest BCUT2D eigenvalue weighted by Gasteiger charge is -2.16. The highest BCUT2D eigenvalue weighted by atomic mass is 16.2. The van der Waals surface area contributed by atoms with Gasteiger partial charge in [-0.15, -0.1) is 5.10 Å². The van der Waals surface area contributed by atoms with Gasteiger partial charge in [0.15, 0.2) is 5.65 Å². The minimum atomic E-state index is -0.0471. The van der Waals surface area contributed by atoms with E-state index in [9.17, 15) is 4.79 Å². The zero-order valence-corrected chi connectivity index (χ0v) is 10.5. The molecule has 2 aromatic rings. The van der Waals surface area contributed by atoms with Gasteiger partial charge in [-0.3, -0.25) is 4.40 Å². The van der Waals surface area contributed by atoms with Crippen molar-refractivity contribution in [1.82, 2.24) is 19.5 Å². The van der Waals surface area contributed by atoms with Crippen molar-refractivity contribution in [3.63, 3.8) is 0 Å². The van der Waals surface area contributed by atoms with Crippen LogP contribution in [0.1, 0.15) is 19.8 Å². The molecule has 0 aromatic carbocycles. The summed E-state index contributed by atoms with van der Waals surface area (Å²) in [7, 11) is 0. The van der Waals surface area contributed by atoms with E-state index in [2.05, 4.69) is 17.3 Å². The van der Waals surface area contributed by atoms with Crippen LogP contribution in [-0.2, 0) is 6.54 Å². The number of hydrogen-bond acceptors (Lipinski definition) is 3. The fourth-order valence-corrected chi connectivity index (χ4v) is 2.41. The number of hydrogen-bond donors (Lipinski definition) is 1. The number of likely N-dealkylation sites (N-methyl/N-ethyl adjacent to an activating group) is 1.